The number of aromatic nitrogens is 5. The lowest BCUT2D eigenvalue weighted by molar-refractivity contribution is 0.0944. The summed E-state index contributed by atoms with van der Waals surface area (Å²) in [6.45, 7) is 3.15. The van der Waals surface area contributed by atoms with Crippen molar-refractivity contribution in [3.05, 3.63) is 30.0 Å². The number of aryl methyl sites for hydroxylation is 1. The number of nitrogens with one attached hydrogen (secondary N) is 2. The number of nitrogens with zero attached hydrogens (tertiary/aromatic N) is 5. The van der Waals surface area contributed by atoms with Crippen LogP contribution in [0, 0.1) is 0 Å². The van der Waals surface area contributed by atoms with Crippen molar-refractivity contribution in [2.75, 3.05) is 11.9 Å². The third-order valence-electron chi connectivity index (χ3n) is 2.51. The fourth-order valence-electron chi connectivity index (χ4n) is 1.52. The molecule has 0 radical (unpaired) electrons. The highest BCUT2D eigenvalue weighted by Gasteiger charge is 2.09. The molecule has 0 aliphatic carbocycles. The molecule has 0 atom stereocenters. The molecule has 0 bridgehead atoms. The molecule has 106 valence electrons. The van der Waals surface area contributed by atoms with E-state index in [1.165, 1.54) is 0 Å². The Morgan fingerprint density at radius 3 is 2.80 bits per heavy atom. The molecule has 8 heteroatoms. The van der Waals surface area contributed by atoms with Gasteiger partial charge in [0, 0.05) is 13.6 Å². The quantitative estimate of drug-likeness (QED) is 0.790. The first-order valence-electron chi connectivity index (χ1n) is 6.39. The average Bonchev–Trinajstić information content (AvgIpc) is 2.89. The summed E-state index contributed by atoms with van der Waals surface area (Å²) in [7, 11) is 1.77. The number of rotatable bonds is 6. The van der Waals surface area contributed by atoms with Crippen LogP contribution in [0.25, 0.3) is 0 Å². The monoisotopic (exact) mass is 275 g/mol. The first kappa shape index (κ1) is 13.9. The molecule has 0 saturated carbocycles. The molecule has 0 aromatic carbocycles. The number of anilines is 1. The maximum atomic E-state index is 11.9. The van der Waals surface area contributed by atoms with Gasteiger partial charge in [0.05, 0.1) is 6.54 Å². The predicted molar refractivity (Wildman–Crippen MR) is 73.0 cm³/mol. The molecule has 0 unspecified atom stereocenters. The van der Waals surface area contributed by atoms with Crippen LogP contribution in [0.4, 0.5) is 5.82 Å². The second kappa shape index (κ2) is 6.60. The predicted octanol–water partition coefficient (Wildman–Crippen LogP) is 0.357. The summed E-state index contributed by atoms with van der Waals surface area (Å²) in [5.74, 6) is 0.914. The van der Waals surface area contributed by atoms with Gasteiger partial charge in [-0.1, -0.05) is 6.92 Å². The summed E-state index contributed by atoms with van der Waals surface area (Å²) >= 11 is 0. The van der Waals surface area contributed by atoms with Crippen LogP contribution in [0.1, 0.15) is 29.7 Å². The van der Waals surface area contributed by atoms with Gasteiger partial charge in [0.1, 0.15) is 12.1 Å². The standard InChI is InChI=1S/C12H17N7O/c1-3-6-13-10-5-4-9(16-17-10)12(20)14-7-11-15-8-19(2)18-11/h4-5,8H,3,6-7H2,1-2H3,(H,13,17)(H,14,20). The zero-order chi connectivity index (χ0) is 14.4. The molecular formula is C12H17N7O. The van der Waals surface area contributed by atoms with E-state index in [0.29, 0.717) is 11.6 Å². The number of amides is 1. The van der Waals surface area contributed by atoms with E-state index < -0.39 is 0 Å². The molecular weight excluding hydrogens is 258 g/mol. The minimum absolute atomic E-state index is 0.261. The van der Waals surface area contributed by atoms with Gasteiger partial charge in [-0.3, -0.25) is 9.48 Å². The van der Waals surface area contributed by atoms with Crippen molar-refractivity contribution in [1.82, 2.24) is 30.3 Å². The van der Waals surface area contributed by atoms with Gasteiger partial charge in [0.2, 0.25) is 0 Å². The third-order valence-corrected chi connectivity index (χ3v) is 2.51. The number of carbonyl (C=O) groups excluding carboxylic acids is 1. The van der Waals surface area contributed by atoms with Gasteiger partial charge in [0.15, 0.2) is 11.5 Å². The molecule has 2 rings (SSSR count). The fourth-order valence-corrected chi connectivity index (χ4v) is 1.52. The molecule has 2 heterocycles. The zero-order valence-corrected chi connectivity index (χ0v) is 11.5. The second-order valence-corrected chi connectivity index (χ2v) is 4.25. The molecule has 20 heavy (non-hydrogen) atoms. The molecule has 2 N–H and O–H groups in total. The number of hydrogen-bond acceptors (Lipinski definition) is 6. The molecule has 2 aromatic rings. The van der Waals surface area contributed by atoms with E-state index in [4.69, 9.17) is 0 Å². The number of hydrogen-bond donors (Lipinski definition) is 2. The lowest BCUT2D eigenvalue weighted by atomic mass is 10.3. The van der Waals surface area contributed by atoms with Crippen molar-refractivity contribution in [2.45, 2.75) is 19.9 Å². The number of carbonyl (C=O) groups is 1. The van der Waals surface area contributed by atoms with E-state index in [9.17, 15) is 4.79 Å². The smallest absolute Gasteiger partial charge is 0.272 e. The maximum Gasteiger partial charge on any atom is 0.272 e. The van der Waals surface area contributed by atoms with Gasteiger partial charge in [-0.2, -0.15) is 5.10 Å². The minimum Gasteiger partial charge on any atom is -0.369 e. The van der Waals surface area contributed by atoms with E-state index in [2.05, 4.69) is 37.8 Å². The first-order valence-corrected chi connectivity index (χ1v) is 6.39. The van der Waals surface area contributed by atoms with Gasteiger partial charge in [-0.15, -0.1) is 10.2 Å². The van der Waals surface area contributed by atoms with Crippen molar-refractivity contribution in [1.29, 1.82) is 0 Å². The molecule has 2 aromatic heterocycles. The summed E-state index contributed by atoms with van der Waals surface area (Å²) in [5.41, 5.74) is 0.267. The van der Waals surface area contributed by atoms with Gasteiger partial charge in [-0.05, 0) is 18.6 Å². The lowest BCUT2D eigenvalue weighted by Crippen LogP contribution is -2.24. The van der Waals surface area contributed by atoms with Gasteiger partial charge in [-0.25, -0.2) is 4.98 Å². The molecule has 1 amide bonds. The molecule has 0 aliphatic rings. The van der Waals surface area contributed by atoms with Crippen LogP contribution < -0.4 is 10.6 Å². The Hall–Kier alpha value is -2.51. The highest BCUT2D eigenvalue weighted by molar-refractivity contribution is 5.92. The van der Waals surface area contributed by atoms with Crippen molar-refractivity contribution < 1.29 is 4.79 Å². The highest BCUT2D eigenvalue weighted by atomic mass is 16.1. The second-order valence-electron chi connectivity index (χ2n) is 4.25. The minimum atomic E-state index is -0.299. The van der Waals surface area contributed by atoms with Crippen LogP contribution >= 0.6 is 0 Å². The SMILES string of the molecule is CCCNc1ccc(C(=O)NCc2ncn(C)n2)nn1. The summed E-state index contributed by atoms with van der Waals surface area (Å²) in [5, 5.41) is 17.7. The van der Waals surface area contributed by atoms with Crippen molar-refractivity contribution >= 4 is 11.7 Å². The Bertz CT molecular complexity index is 563. The maximum absolute atomic E-state index is 11.9. The third kappa shape index (κ3) is 3.74. The largest absolute Gasteiger partial charge is 0.369 e. The zero-order valence-electron chi connectivity index (χ0n) is 11.5. The van der Waals surface area contributed by atoms with E-state index in [1.54, 1.807) is 30.2 Å². The Morgan fingerprint density at radius 2 is 2.20 bits per heavy atom. The van der Waals surface area contributed by atoms with Gasteiger partial charge < -0.3 is 10.6 Å². The Balaban J connectivity index is 1.88. The van der Waals surface area contributed by atoms with E-state index in [-0.39, 0.29) is 18.1 Å². The highest BCUT2D eigenvalue weighted by Crippen LogP contribution is 2.02. The van der Waals surface area contributed by atoms with Crippen LogP contribution in [0.5, 0.6) is 0 Å². The summed E-state index contributed by atoms with van der Waals surface area (Å²) in [4.78, 5) is 15.9. The first-order chi connectivity index (χ1) is 9.69. The summed E-state index contributed by atoms with van der Waals surface area (Å²) in [6.07, 6.45) is 2.58. The fraction of sp³-hybridized carbons (Fsp3) is 0.417. The van der Waals surface area contributed by atoms with Crippen LogP contribution in [-0.2, 0) is 13.6 Å². The molecule has 0 spiro atoms. The topological polar surface area (TPSA) is 97.6 Å². The van der Waals surface area contributed by atoms with E-state index >= 15 is 0 Å². The van der Waals surface area contributed by atoms with Crippen molar-refractivity contribution in [3.8, 4) is 0 Å². The van der Waals surface area contributed by atoms with Crippen LogP contribution in [0.2, 0.25) is 0 Å². The van der Waals surface area contributed by atoms with E-state index in [1.807, 2.05) is 0 Å². The molecule has 0 saturated heterocycles. The Kier molecular flexibility index (Phi) is 4.59. The average molecular weight is 275 g/mol. The van der Waals surface area contributed by atoms with Crippen LogP contribution in [0.15, 0.2) is 18.5 Å². The Morgan fingerprint density at radius 1 is 1.35 bits per heavy atom. The van der Waals surface area contributed by atoms with Crippen molar-refractivity contribution in [3.63, 3.8) is 0 Å². The van der Waals surface area contributed by atoms with Crippen LogP contribution in [-0.4, -0.2) is 37.4 Å². The summed E-state index contributed by atoms with van der Waals surface area (Å²) in [6, 6.07) is 3.36. The van der Waals surface area contributed by atoms with E-state index in [0.717, 1.165) is 13.0 Å². The van der Waals surface area contributed by atoms with Gasteiger partial charge >= 0.3 is 0 Å². The van der Waals surface area contributed by atoms with Crippen molar-refractivity contribution in [2.24, 2.45) is 7.05 Å². The van der Waals surface area contributed by atoms with Gasteiger partial charge in [0.25, 0.3) is 5.91 Å². The Labute approximate surface area is 116 Å². The van der Waals surface area contributed by atoms with Crippen LogP contribution in [0.3, 0.4) is 0 Å². The molecule has 8 nitrogen and oxygen atoms in total. The lowest BCUT2D eigenvalue weighted by Gasteiger charge is -2.04. The summed E-state index contributed by atoms with van der Waals surface area (Å²) < 4.78 is 1.58. The molecule has 0 fully saturated rings. The molecule has 0 aliphatic heterocycles. The normalized spacial score (nSPS) is 10.3.